The van der Waals surface area contributed by atoms with Crippen molar-refractivity contribution in [2.45, 2.75) is 20.3 Å². The van der Waals surface area contributed by atoms with Crippen LogP contribution in [0.15, 0.2) is 11.8 Å². The van der Waals surface area contributed by atoms with Crippen molar-refractivity contribution < 1.29 is 19.1 Å². The van der Waals surface area contributed by atoms with Gasteiger partial charge in [-0.25, -0.2) is 4.79 Å². The molecule has 0 atom stereocenters. The molecule has 5 nitrogen and oxygen atoms in total. The van der Waals surface area contributed by atoms with Crippen molar-refractivity contribution in [1.29, 1.82) is 0 Å². The molecule has 0 aromatic carbocycles. The van der Waals surface area contributed by atoms with Crippen LogP contribution in [0.2, 0.25) is 0 Å². The molecule has 0 unspecified atom stereocenters. The predicted molar refractivity (Wildman–Crippen MR) is 67.8 cm³/mol. The Hall–Kier alpha value is -1.04. The lowest BCUT2D eigenvalue weighted by Crippen LogP contribution is -2.21. The number of ether oxygens (including phenoxy) is 2. The lowest BCUT2D eigenvalue weighted by molar-refractivity contribution is -0.142. The maximum Gasteiger partial charge on any atom is 0.332 e. The third kappa shape index (κ3) is 8.74. The van der Waals surface area contributed by atoms with Crippen LogP contribution in [-0.2, 0) is 19.1 Å². The fourth-order valence-corrected chi connectivity index (χ4v) is 1.26. The molecule has 0 aromatic heterocycles. The van der Waals surface area contributed by atoms with Gasteiger partial charge in [0.25, 0.3) is 0 Å². The van der Waals surface area contributed by atoms with Crippen LogP contribution in [0.25, 0.3) is 0 Å². The molecule has 0 fully saturated rings. The second-order valence-electron chi connectivity index (χ2n) is 3.02. The van der Waals surface area contributed by atoms with Crippen molar-refractivity contribution in [2.24, 2.45) is 0 Å². The number of nitrogens with one attached hydrogen (secondary N) is 1. The van der Waals surface area contributed by atoms with E-state index < -0.39 is 5.97 Å². The lowest BCUT2D eigenvalue weighted by Gasteiger charge is -2.09. The smallest absolute Gasteiger partial charge is 0.332 e. The average molecular weight is 308 g/mol. The highest BCUT2D eigenvalue weighted by Gasteiger charge is 2.08. The largest absolute Gasteiger partial charge is 0.466 e. The maximum atomic E-state index is 11.3. The van der Waals surface area contributed by atoms with Crippen molar-refractivity contribution in [3.63, 3.8) is 0 Å². The van der Waals surface area contributed by atoms with Crippen molar-refractivity contribution in [2.75, 3.05) is 25.1 Å². The summed E-state index contributed by atoms with van der Waals surface area (Å²) in [6, 6.07) is 0. The van der Waals surface area contributed by atoms with E-state index >= 15 is 0 Å². The zero-order chi connectivity index (χ0) is 13.1. The van der Waals surface area contributed by atoms with Gasteiger partial charge in [0.05, 0.1) is 19.6 Å². The molecule has 0 spiro atoms. The molecule has 0 bridgehead atoms. The van der Waals surface area contributed by atoms with Gasteiger partial charge in [0.1, 0.15) is 0 Å². The molecule has 0 aliphatic carbocycles. The van der Waals surface area contributed by atoms with Crippen LogP contribution in [0.3, 0.4) is 0 Å². The van der Waals surface area contributed by atoms with E-state index in [1.165, 1.54) is 6.08 Å². The highest BCUT2D eigenvalue weighted by Crippen LogP contribution is 2.01. The number of esters is 2. The van der Waals surface area contributed by atoms with Gasteiger partial charge in [-0.15, -0.1) is 0 Å². The van der Waals surface area contributed by atoms with E-state index in [9.17, 15) is 9.59 Å². The van der Waals surface area contributed by atoms with Gasteiger partial charge in [-0.05, 0) is 13.8 Å². The van der Waals surface area contributed by atoms with Crippen LogP contribution in [0.1, 0.15) is 20.3 Å². The van der Waals surface area contributed by atoms with E-state index in [1.807, 2.05) is 0 Å². The summed E-state index contributed by atoms with van der Waals surface area (Å²) in [5, 5.41) is 3.68. The topological polar surface area (TPSA) is 64.6 Å². The number of carbonyl (C=O) groups is 2. The van der Waals surface area contributed by atoms with Crippen LogP contribution in [0.4, 0.5) is 0 Å². The zero-order valence-corrected chi connectivity index (χ0v) is 11.7. The summed E-state index contributed by atoms with van der Waals surface area (Å²) in [5.74, 6) is -0.834. The molecular weight excluding hydrogens is 290 g/mol. The van der Waals surface area contributed by atoms with E-state index in [2.05, 4.69) is 21.2 Å². The van der Waals surface area contributed by atoms with E-state index in [0.29, 0.717) is 25.5 Å². The van der Waals surface area contributed by atoms with Crippen LogP contribution >= 0.6 is 15.9 Å². The highest BCUT2D eigenvalue weighted by atomic mass is 79.9. The first-order chi connectivity index (χ1) is 8.13. The van der Waals surface area contributed by atoms with Crippen LogP contribution in [-0.4, -0.2) is 37.0 Å². The third-order valence-corrected chi connectivity index (χ3v) is 2.06. The van der Waals surface area contributed by atoms with E-state index in [-0.39, 0.29) is 12.4 Å². The number of carbonyl (C=O) groups excluding carboxylic acids is 2. The Morgan fingerprint density at radius 1 is 1.24 bits per heavy atom. The summed E-state index contributed by atoms with van der Waals surface area (Å²) in [7, 11) is 0. The number of hydrogen-bond donors (Lipinski definition) is 1. The molecule has 0 heterocycles. The maximum absolute atomic E-state index is 11.3. The molecule has 0 radical (unpaired) electrons. The molecule has 0 amide bonds. The lowest BCUT2D eigenvalue weighted by atomic mass is 10.3. The van der Waals surface area contributed by atoms with Gasteiger partial charge in [0.15, 0.2) is 0 Å². The summed E-state index contributed by atoms with van der Waals surface area (Å²) in [4.78, 5) is 22.5. The molecule has 0 aliphatic heterocycles. The van der Waals surface area contributed by atoms with Gasteiger partial charge >= 0.3 is 11.9 Å². The van der Waals surface area contributed by atoms with Gasteiger partial charge in [0.2, 0.25) is 0 Å². The van der Waals surface area contributed by atoms with E-state index in [4.69, 9.17) is 9.47 Å². The Morgan fingerprint density at radius 3 is 2.41 bits per heavy atom. The fourth-order valence-electron chi connectivity index (χ4n) is 1.07. The highest BCUT2D eigenvalue weighted by molar-refractivity contribution is 9.09. The Labute approximate surface area is 110 Å². The van der Waals surface area contributed by atoms with Crippen LogP contribution < -0.4 is 5.32 Å². The molecule has 0 aromatic rings. The standard InChI is InChI=1S/C11H18BrNO4/c1-3-16-10(14)7-9(13-6-5-12)8-11(15)17-4-2/h7,13H,3-6,8H2,1-2H3. The van der Waals surface area contributed by atoms with E-state index in [1.54, 1.807) is 13.8 Å². The van der Waals surface area contributed by atoms with Crippen molar-refractivity contribution in [3.05, 3.63) is 11.8 Å². The third-order valence-electron chi connectivity index (χ3n) is 1.67. The minimum atomic E-state index is -0.464. The zero-order valence-electron chi connectivity index (χ0n) is 10.1. The first kappa shape index (κ1) is 16.0. The number of halogens is 1. The summed E-state index contributed by atoms with van der Waals surface area (Å²) in [6.07, 6.45) is 1.32. The Kier molecular flexibility index (Phi) is 9.52. The minimum Gasteiger partial charge on any atom is -0.466 e. The van der Waals surface area contributed by atoms with Gasteiger partial charge in [-0.1, -0.05) is 15.9 Å². The number of hydrogen-bond acceptors (Lipinski definition) is 5. The molecule has 0 saturated carbocycles. The predicted octanol–water partition coefficient (Wildman–Crippen LogP) is 1.37. The fraction of sp³-hybridized carbons (Fsp3) is 0.636. The second kappa shape index (κ2) is 10.1. The van der Waals surface area contributed by atoms with Gasteiger partial charge in [-0.3, -0.25) is 4.79 Å². The van der Waals surface area contributed by atoms with Crippen molar-refractivity contribution >= 4 is 27.9 Å². The van der Waals surface area contributed by atoms with E-state index in [0.717, 1.165) is 5.33 Å². The van der Waals surface area contributed by atoms with Crippen molar-refractivity contribution in [1.82, 2.24) is 5.32 Å². The molecular formula is C11H18BrNO4. The molecule has 6 heteroatoms. The summed E-state index contributed by atoms with van der Waals surface area (Å²) in [6.45, 7) is 4.70. The van der Waals surface area contributed by atoms with Gasteiger partial charge in [-0.2, -0.15) is 0 Å². The minimum absolute atomic E-state index is 0.0413. The molecule has 98 valence electrons. The first-order valence-corrected chi connectivity index (χ1v) is 6.58. The summed E-state index contributed by atoms with van der Waals surface area (Å²) < 4.78 is 9.58. The first-order valence-electron chi connectivity index (χ1n) is 5.46. The quantitative estimate of drug-likeness (QED) is 0.417. The number of rotatable bonds is 8. The molecule has 0 aliphatic rings. The van der Waals surface area contributed by atoms with Crippen LogP contribution in [0.5, 0.6) is 0 Å². The molecule has 0 saturated heterocycles. The Bertz CT molecular complexity index is 279. The van der Waals surface area contributed by atoms with Crippen molar-refractivity contribution in [3.8, 4) is 0 Å². The Balaban J connectivity index is 4.40. The second-order valence-corrected chi connectivity index (χ2v) is 3.81. The summed E-state index contributed by atoms with van der Waals surface area (Å²) in [5.41, 5.74) is 0.501. The molecule has 17 heavy (non-hydrogen) atoms. The molecule has 0 rings (SSSR count). The molecule has 1 N–H and O–H groups in total. The number of alkyl halides is 1. The summed E-state index contributed by atoms with van der Waals surface area (Å²) >= 11 is 3.25. The average Bonchev–Trinajstić information content (AvgIpc) is 2.26. The van der Waals surface area contributed by atoms with Gasteiger partial charge < -0.3 is 14.8 Å². The normalized spacial score (nSPS) is 10.9. The Morgan fingerprint density at radius 2 is 1.88 bits per heavy atom. The van der Waals surface area contributed by atoms with Crippen LogP contribution in [0, 0.1) is 0 Å². The SMILES string of the molecule is CCOC(=O)C=C(CC(=O)OCC)NCCBr. The monoisotopic (exact) mass is 307 g/mol. The van der Waals surface area contributed by atoms with Gasteiger partial charge in [0, 0.05) is 23.6 Å².